The molecule has 0 aliphatic heterocycles. The molecular weight excluding hydrogens is 372 g/mol. The Morgan fingerprint density at radius 1 is 1.29 bits per heavy atom. The lowest BCUT2D eigenvalue weighted by Gasteiger charge is -2.21. The number of aryl methyl sites for hydroxylation is 1. The van der Waals surface area contributed by atoms with Crippen LogP contribution in [0.2, 0.25) is 0 Å². The Bertz CT molecular complexity index is 657. The minimum Gasteiger partial charge on any atom is -0.492 e. The number of ether oxygens (including phenoxy) is 1. The number of carbonyl (C=O) groups excluding carboxylic acids is 1. The molecule has 1 aromatic heterocycles. The van der Waals surface area contributed by atoms with Gasteiger partial charge >= 0.3 is 0 Å². The van der Waals surface area contributed by atoms with E-state index in [1.165, 1.54) is 0 Å². The maximum absolute atomic E-state index is 12.2. The zero-order valence-electron chi connectivity index (χ0n) is 14.3. The van der Waals surface area contributed by atoms with Crippen LogP contribution in [0.5, 0.6) is 5.75 Å². The summed E-state index contributed by atoms with van der Waals surface area (Å²) in [6, 6.07) is 7.65. The van der Waals surface area contributed by atoms with Crippen LogP contribution in [0.25, 0.3) is 0 Å². The topological polar surface area (TPSA) is 50.6 Å². The summed E-state index contributed by atoms with van der Waals surface area (Å²) in [5, 5.41) is 4.13. The summed E-state index contributed by atoms with van der Waals surface area (Å²) in [5.41, 5.74) is 1.09. The van der Waals surface area contributed by atoms with E-state index in [0.29, 0.717) is 26.2 Å². The van der Waals surface area contributed by atoms with E-state index in [1.54, 1.807) is 16.6 Å². The molecule has 0 aliphatic rings. The van der Waals surface area contributed by atoms with Gasteiger partial charge in [0.25, 0.3) is 0 Å². The van der Waals surface area contributed by atoms with Crippen LogP contribution >= 0.6 is 15.9 Å². The van der Waals surface area contributed by atoms with E-state index in [0.717, 1.165) is 15.8 Å². The van der Waals surface area contributed by atoms with Crippen molar-refractivity contribution in [2.45, 2.75) is 6.54 Å². The van der Waals surface area contributed by atoms with Crippen LogP contribution in [0.4, 0.5) is 0 Å². The monoisotopic (exact) mass is 394 g/mol. The average Bonchev–Trinajstić information content (AvgIpc) is 2.93. The highest BCUT2D eigenvalue weighted by atomic mass is 79.9. The van der Waals surface area contributed by atoms with Crippen molar-refractivity contribution in [2.24, 2.45) is 7.05 Å². The van der Waals surface area contributed by atoms with Crippen molar-refractivity contribution in [2.75, 3.05) is 33.8 Å². The van der Waals surface area contributed by atoms with Gasteiger partial charge in [0, 0.05) is 36.9 Å². The second kappa shape index (κ2) is 8.84. The number of aromatic nitrogens is 2. The number of amides is 1. The predicted molar refractivity (Wildman–Crippen MR) is 96.8 cm³/mol. The van der Waals surface area contributed by atoms with Crippen LogP contribution in [-0.4, -0.2) is 59.3 Å². The van der Waals surface area contributed by atoms with Gasteiger partial charge in [-0.05, 0) is 31.3 Å². The zero-order valence-corrected chi connectivity index (χ0v) is 15.9. The molecule has 1 amide bonds. The number of halogens is 1. The van der Waals surface area contributed by atoms with Crippen LogP contribution in [0.3, 0.4) is 0 Å². The molecule has 0 radical (unpaired) electrons. The first-order valence-corrected chi connectivity index (χ1v) is 8.52. The number of rotatable bonds is 8. The van der Waals surface area contributed by atoms with Gasteiger partial charge in [0.1, 0.15) is 12.4 Å². The summed E-state index contributed by atoms with van der Waals surface area (Å²) >= 11 is 3.39. The highest BCUT2D eigenvalue weighted by molar-refractivity contribution is 9.10. The zero-order chi connectivity index (χ0) is 17.5. The molecule has 2 aromatic rings. The van der Waals surface area contributed by atoms with Crippen molar-refractivity contribution in [1.82, 2.24) is 19.6 Å². The van der Waals surface area contributed by atoms with Gasteiger partial charge in [-0.15, -0.1) is 0 Å². The number of hydrogen-bond donors (Lipinski definition) is 0. The lowest BCUT2D eigenvalue weighted by atomic mass is 10.3. The van der Waals surface area contributed by atoms with Crippen molar-refractivity contribution >= 4 is 21.8 Å². The van der Waals surface area contributed by atoms with Crippen molar-refractivity contribution in [3.05, 3.63) is 46.7 Å². The van der Waals surface area contributed by atoms with E-state index in [1.807, 2.05) is 55.7 Å². The third-order valence-corrected chi connectivity index (χ3v) is 4.08. The summed E-state index contributed by atoms with van der Waals surface area (Å²) < 4.78 is 8.42. The van der Waals surface area contributed by atoms with E-state index in [9.17, 15) is 4.79 Å². The number of likely N-dealkylation sites (N-methyl/N-ethyl adjacent to an activating group) is 2. The minimum atomic E-state index is 0.0702. The first-order chi connectivity index (χ1) is 11.4. The molecule has 1 heterocycles. The quantitative estimate of drug-likeness (QED) is 0.688. The minimum absolute atomic E-state index is 0.0702. The molecule has 0 spiro atoms. The average molecular weight is 395 g/mol. The lowest BCUT2D eigenvalue weighted by molar-refractivity contribution is -0.131. The van der Waals surface area contributed by atoms with Gasteiger partial charge in [0.15, 0.2) is 0 Å². The van der Waals surface area contributed by atoms with Crippen LogP contribution < -0.4 is 4.74 Å². The molecule has 0 bridgehead atoms. The maximum Gasteiger partial charge on any atom is 0.236 e. The Hall–Kier alpha value is -1.86. The molecule has 0 atom stereocenters. The summed E-state index contributed by atoms with van der Waals surface area (Å²) in [5.74, 6) is 0.869. The van der Waals surface area contributed by atoms with Crippen LogP contribution in [-0.2, 0) is 18.4 Å². The normalized spacial score (nSPS) is 10.9. The fourth-order valence-corrected chi connectivity index (χ4v) is 2.49. The Kier molecular flexibility index (Phi) is 6.81. The molecule has 6 nitrogen and oxygen atoms in total. The van der Waals surface area contributed by atoms with E-state index in [4.69, 9.17) is 4.74 Å². The Morgan fingerprint density at radius 2 is 2.00 bits per heavy atom. The van der Waals surface area contributed by atoms with E-state index >= 15 is 0 Å². The van der Waals surface area contributed by atoms with Crippen LogP contribution in [0.1, 0.15) is 5.56 Å². The summed E-state index contributed by atoms with van der Waals surface area (Å²) in [6.07, 6.45) is 3.77. The number of benzene rings is 1. The van der Waals surface area contributed by atoms with Crippen molar-refractivity contribution in [1.29, 1.82) is 0 Å². The molecule has 0 saturated heterocycles. The van der Waals surface area contributed by atoms with Gasteiger partial charge in [-0.1, -0.05) is 15.9 Å². The third-order valence-electron chi connectivity index (χ3n) is 3.55. The lowest BCUT2D eigenvalue weighted by Crippen LogP contribution is -2.38. The van der Waals surface area contributed by atoms with Gasteiger partial charge in [-0.2, -0.15) is 5.10 Å². The van der Waals surface area contributed by atoms with Gasteiger partial charge in [-0.25, -0.2) is 0 Å². The molecule has 130 valence electrons. The summed E-state index contributed by atoms with van der Waals surface area (Å²) in [6.45, 7) is 2.08. The smallest absolute Gasteiger partial charge is 0.236 e. The second-order valence-electron chi connectivity index (χ2n) is 5.81. The SMILES string of the molecule is CN(CC(=O)N(C)CCOc1ccc(Br)cc1)Cc1cnn(C)c1. The molecule has 24 heavy (non-hydrogen) atoms. The van der Waals surface area contributed by atoms with Gasteiger partial charge in [-0.3, -0.25) is 14.4 Å². The van der Waals surface area contributed by atoms with E-state index in [2.05, 4.69) is 21.0 Å². The first-order valence-electron chi connectivity index (χ1n) is 7.72. The Balaban J connectivity index is 1.70. The maximum atomic E-state index is 12.2. The van der Waals surface area contributed by atoms with Gasteiger partial charge < -0.3 is 9.64 Å². The molecule has 1 aromatic carbocycles. The summed E-state index contributed by atoms with van der Waals surface area (Å²) in [4.78, 5) is 15.9. The number of nitrogens with zero attached hydrogens (tertiary/aromatic N) is 4. The van der Waals surface area contributed by atoms with Gasteiger partial charge in [0.05, 0.1) is 19.3 Å². The molecule has 0 N–H and O–H groups in total. The fraction of sp³-hybridized carbons (Fsp3) is 0.412. The fourth-order valence-electron chi connectivity index (χ4n) is 2.23. The molecule has 2 rings (SSSR count). The Morgan fingerprint density at radius 3 is 2.62 bits per heavy atom. The molecule has 0 aliphatic carbocycles. The molecule has 0 saturated carbocycles. The summed E-state index contributed by atoms with van der Waals surface area (Å²) in [7, 11) is 5.61. The standard InChI is InChI=1S/C17H23BrN4O2/c1-20(11-14-10-19-22(3)12-14)13-17(23)21(2)8-9-24-16-6-4-15(18)5-7-16/h4-7,10,12H,8-9,11,13H2,1-3H3. The number of carbonyl (C=O) groups is 1. The number of hydrogen-bond acceptors (Lipinski definition) is 4. The van der Waals surface area contributed by atoms with Crippen molar-refractivity contribution in [3.63, 3.8) is 0 Å². The first kappa shape index (κ1) is 18.5. The van der Waals surface area contributed by atoms with Crippen LogP contribution in [0, 0.1) is 0 Å². The molecule has 7 heteroatoms. The molecular formula is C17H23BrN4O2. The third kappa shape index (κ3) is 5.98. The van der Waals surface area contributed by atoms with Crippen molar-refractivity contribution in [3.8, 4) is 5.75 Å². The largest absolute Gasteiger partial charge is 0.492 e. The Labute approximate surface area is 151 Å². The van der Waals surface area contributed by atoms with Crippen LogP contribution in [0.15, 0.2) is 41.1 Å². The van der Waals surface area contributed by atoms with E-state index < -0.39 is 0 Å². The predicted octanol–water partition coefficient (Wildman–Crippen LogP) is 2.15. The highest BCUT2D eigenvalue weighted by Gasteiger charge is 2.12. The molecule has 0 fully saturated rings. The van der Waals surface area contributed by atoms with Gasteiger partial charge in [0.2, 0.25) is 5.91 Å². The van der Waals surface area contributed by atoms with Crippen molar-refractivity contribution < 1.29 is 9.53 Å². The highest BCUT2D eigenvalue weighted by Crippen LogP contribution is 2.15. The van der Waals surface area contributed by atoms with E-state index in [-0.39, 0.29) is 5.91 Å². The molecule has 0 unspecified atom stereocenters. The second-order valence-corrected chi connectivity index (χ2v) is 6.73.